The van der Waals surface area contributed by atoms with E-state index in [1.54, 1.807) is 0 Å². The first-order chi connectivity index (χ1) is 11.6. The second-order valence-electron chi connectivity index (χ2n) is 6.49. The molecular weight excluding hydrogens is 302 g/mol. The molecule has 1 atom stereocenters. The molecule has 2 aliphatic rings. The fourth-order valence-electron chi connectivity index (χ4n) is 3.49. The largest absolute Gasteiger partial charge is 0.486 e. The highest BCUT2D eigenvalue weighted by molar-refractivity contribution is 5.94. The summed E-state index contributed by atoms with van der Waals surface area (Å²) < 4.78 is 11.4. The van der Waals surface area contributed by atoms with Crippen molar-refractivity contribution in [2.75, 3.05) is 19.8 Å². The maximum absolute atomic E-state index is 12.9. The molecule has 0 aliphatic carbocycles. The van der Waals surface area contributed by atoms with Crippen molar-refractivity contribution < 1.29 is 14.3 Å². The second kappa shape index (κ2) is 5.86. The van der Waals surface area contributed by atoms with Gasteiger partial charge in [0.1, 0.15) is 13.2 Å². The van der Waals surface area contributed by atoms with E-state index in [1.165, 1.54) is 5.56 Å². The summed E-state index contributed by atoms with van der Waals surface area (Å²) in [5, 5.41) is 0. The SMILES string of the molecule is Cc1ccc(C(=O)N2CCc3cc4c(cc3C2C)OCCO4)cc1. The van der Waals surface area contributed by atoms with E-state index in [-0.39, 0.29) is 11.9 Å². The van der Waals surface area contributed by atoms with Crippen molar-refractivity contribution in [2.24, 2.45) is 0 Å². The van der Waals surface area contributed by atoms with Gasteiger partial charge in [-0.05, 0) is 55.7 Å². The Kier molecular flexibility index (Phi) is 3.68. The predicted molar refractivity (Wildman–Crippen MR) is 91.8 cm³/mol. The molecule has 2 heterocycles. The van der Waals surface area contributed by atoms with E-state index in [9.17, 15) is 4.79 Å². The maximum atomic E-state index is 12.9. The normalized spacial score (nSPS) is 18.9. The Labute approximate surface area is 142 Å². The average molecular weight is 323 g/mol. The molecule has 0 fully saturated rings. The third-order valence-corrected chi connectivity index (χ3v) is 4.90. The summed E-state index contributed by atoms with van der Waals surface area (Å²) in [6, 6.07) is 11.9. The van der Waals surface area contributed by atoms with E-state index in [0.717, 1.165) is 41.2 Å². The van der Waals surface area contributed by atoms with Crippen LogP contribution < -0.4 is 9.47 Å². The van der Waals surface area contributed by atoms with Gasteiger partial charge in [-0.2, -0.15) is 0 Å². The smallest absolute Gasteiger partial charge is 0.254 e. The molecule has 0 saturated carbocycles. The highest BCUT2D eigenvalue weighted by Gasteiger charge is 2.30. The first-order valence-electron chi connectivity index (χ1n) is 8.43. The lowest BCUT2D eigenvalue weighted by Crippen LogP contribution is -2.39. The van der Waals surface area contributed by atoms with E-state index in [0.29, 0.717) is 13.2 Å². The van der Waals surface area contributed by atoms with Crippen LogP contribution in [0.5, 0.6) is 11.5 Å². The Morgan fingerprint density at radius 2 is 1.75 bits per heavy atom. The van der Waals surface area contributed by atoms with Crippen molar-refractivity contribution in [1.29, 1.82) is 0 Å². The molecule has 0 bridgehead atoms. The van der Waals surface area contributed by atoms with Gasteiger partial charge in [0, 0.05) is 12.1 Å². The summed E-state index contributed by atoms with van der Waals surface area (Å²) in [6.07, 6.45) is 0.841. The molecule has 0 aromatic heterocycles. The summed E-state index contributed by atoms with van der Waals surface area (Å²) in [7, 11) is 0. The zero-order valence-electron chi connectivity index (χ0n) is 14.0. The molecule has 124 valence electrons. The lowest BCUT2D eigenvalue weighted by Gasteiger charge is -2.36. The molecule has 0 N–H and O–H groups in total. The van der Waals surface area contributed by atoms with Gasteiger partial charge in [0.25, 0.3) is 5.91 Å². The summed E-state index contributed by atoms with van der Waals surface area (Å²) in [4.78, 5) is 14.8. The van der Waals surface area contributed by atoms with Crippen LogP contribution in [0.2, 0.25) is 0 Å². The number of carbonyl (C=O) groups excluding carboxylic acids is 1. The number of rotatable bonds is 1. The number of ether oxygens (including phenoxy) is 2. The van der Waals surface area contributed by atoms with Gasteiger partial charge in [-0.15, -0.1) is 0 Å². The summed E-state index contributed by atoms with van der Waals surface area (Å²) in [6.45, 7) is 6.01. The first kappa shape index (κ1) is 15.1. The number of benzene rings is 2. The lowest BCUT2D eigenvalue weighted by molar-refractivity contribution is 0.0676. The van der Waals surface area contributed by atoms with Crippen LogP contribution in [-0.2, 0) is 6.42 Å². The molecule has 2 aromatic carbocycles. The molecule has 4 rings (SSSR count). The summed E-state index contributed by atoms with van der Waals surface area (Å²) in [5.41, 5.74) is 4.31. The van der Waals surface area contributed by atoms with Gasteiger partial charge in [-0.1, -0.05) is 17.7 Å². The Hall–Kier alpha value is -2.49. The summed E-state index contributed by atoms with van der Waals surface area (Å²) in [5.74, 6) is 1.70. The molecule has 1 unspecified atom stereocenters. The minimum absolute atomic E-state index is 0.0263. The van der Waals surface area contributed by atoms with Crippen molar-refractivity contribution in [3.05, 3.63) is 58.7 Å². The van der Waals surface area contributed by atoms with Crippen LogP contribution in [-0.4, -0.2) is 30.6 Å². The predicted octanol–water partition coefficient (Wildman–Crippen LogP) is 3.53. The van der Waals surface area contributed by atoms with Gasteiger partial charge in [-0.3, -0.25) is 4.79 Å². The van der Waals surface area contributed by atoms with Crippen LogP contribution in [0.15, 0.2) is 36.4 Å². The van der Waals surface area contributed by atoms with Gasteiger partial charge in [-0.25, -0.2) is 0 Å². The molecule has 2 aliphatic heterocycles. The second-order valence-corrected chi connectivity index (χ2v) is 6.49. The highest BCUT2D eigenvalue weighted by Crippen LogP contribution is 2.39. The van der Waals surface area contributed by atoms with Crippen molar-refractivity contribution in [2.45, 2.75) is 26.3 Å². The van der Waals surface area contributed by atoms with Crippen LogP contribution in [0.3, 0.4) is 0 Å². The minimum Gasteiger partial charge on any atom is -0.486 e. The van der Waals surface area contributed by atoms with Crippen LogP contribution >= 0.6 is 0 Å². The van der Waals surface area contributed by atoms with Gasteiger partial charge in [0.2, 0.25) is 0 Å². The van der Waals surface area contributed by atoms with Crippen molar-refractivity contribution in [3.63, 3.8) is 0 Å². The highest BCUT2D eigenvalue weighted by atomic mass is 16.6. The fraction of sp³-hybridized carbons (Fsp3) is 0.350. The van der Waals surface area contributed by atoms with Crippen LogP contribution in [0.4, 0.5) is 0 Å². The molecule has 24 heavy (non-hydrogen) atoms. The zero-order chi connectivity index (χ0) is 16.7. The minimum atomic E-state index is 0.0263. The van der Waals surface area contributed by atoms with E-state index >= 15 is 0 Å². The quantitative estimate of drug-likeness (QED) is 0.806. The number of amides is 1. The standard InChI is InChI=1S/C20H21NO3/c1-13-3-5-15(6-4-13)20(22)21-8-7-16-11-18-19(24-10-9-23-18)12-17(16)14(21)2/h3-6,11-12,14H,7-10H2,1-2H3. The first-order valence-corrected chi connectivity index (χ1v) is 8.43. The topological polar surface area (TPSA) is 38.8 Å². The number of hydrogen-bond acceptors (Lipinski definition) is 3. The van der Waals surface area contributed by atoms with E-state index in [1.807, 2.05) is 42.2 Å². The van der Waals surface area contributed by atoms with Gasteiger partial charge >= 0.3 is 0 Å². The van der Waals surface area contributed by atoms with Crippen molar-refractivity contribution in [1.82, 2.24) is 4.90 Å². The van der Waals surface area contributed by atoms with Crippen molar-refractivity contribution >= 4 is 5.91 Å². The number of fused-ring (bicyclic) bond motifs is 2. The molecule has 0 radical (unpaired) electrons. The van der Waals surface area contributed by atoms with Gasteiger partial charge in [0.15, 0.2) is 11.5 Å². The van der Waals surface area contributed by atoms with Crippen LogP contribution in [0.1, 0.15) is 40.0 Å². The molecular formula is C20H21NO3. The number of aryl methyl sites for hydroxylation is 1. The molecule has 2 aromatic rings. The van der Waals surface area contributed by atoms with E-state index in [2.05, 4.69) is 13.0 Å². The van der Waals surface area contributed by atoms with E-state index < -0.39 is 0 Å². The Morgan fingerprint density at radius 3 is 2.46 bits per heavy atom. The third kappa shape index (κ3) is 2.52. The molecule has 1 amide bonds. The molecule has 0 spiro atoms. The average Bonchev–Trinajstić information content (AvgIpc) is 2.61. The van der Waals surface area contributed by atoms with Gasteiger partial charge < -0.3 is 14.4 Å². The Morgan fingerprint density at radius 1 is 1.08 bits per heavy atom. The maximum Gasteiger partial charge on any atom is 0.254 e. The third-order valence-electron chi connectivity index (χ3n) is 4.90. The van der Waals surface area contributed by atoms with Crippen LogP contribution in [0.25, 0.3) is 0 Å². The number of hydrogen-bond donors (Lipinski definition) is 0. The monoisotopic (exact) mass is 323 g/mol. The Bertz CT molecular complexity index is 782. The van der Waals surface area contributed by atoms with Crippen molar-refractivity contribution in [3.8, 4) is 11.5 Å². The molecule has 4 nitrogen and oxygen atoms in total. The number of carbonyl (C=O) groups is 1. The fourth-order valence-corrected chi connectivity index (χ4v) is 3.49. The molecule has 0 saturated heterocycles. The summed E-state index contributed by atoms with van der Waals surface area (Å²) >= 11 is 0. The number of nitrogens with zero attached hydrogens (tertiary/aromatic N) is 1. The molecule has 4 heteroatoms. The van der Waals surface area contributed by atoms with Crippen LogP contribution in [0, 0.1) is 6.92 Å². The lowest BCUT2D eigenvalue weighted by atomic mass is 9.92. The Balaban J connectivity index is 1.64. The zero-order valence-corrected chi connectivity index (χ0v) is 14.0. The van der Waals surface area contributed by atoms with E-state index in [4.69, 9.17) is 9.47 Å². The van der Waals surface area contributed by atoms with Gasteiger partial charge in [0.05, 0.1) is 6.04 Å².